The predicted molar refractivity (Wildman–Crippen MR) is 137 cm³/mol. The first-order valence-electron chi connectivity index (χ1n) is 13.2. The van der Waals surface area contributed by atoms with Gasteiger partial charge in [-0.25, -0.2) is 4.79 Å². The Balaban J connectivity index is 1.41. The van der Waals surface area contributed by atoms with Gasteiger partial charge in [0.2, 0.25) is 0 Å². The Morgan fingerprint density at radius 1 is 0.784 bits per heavy atom. The minimum Gasteiger partial charge on any atom is -0.461 e. The van der Waals surface area contributed by atoms with Crippen LogP contribution in [-0.4, -0.2) is 29.2 Å². The summed E-state index contributed by atoms with van der Waals surface area (Å²) in [6.45, 7) is -0.0782. The van der Waals surface area contributed by atoms with E-state index >= 15 is 8.78 Å². The number of hydrogen-bond acceptors (Lipinski definition) is 3. The van der Waals surface area contributed by atoms with Crippen molar-refractivity contribution in [3.63, 3.8) is 0 Å². The number of halogens is 2. The molecule has 0 spiro atoms. The molecule has 3 nitrogen and oxygen atoms in total. The second-order valence-electron chi connectivity index (χ2n) is 11.7. The van der Waals surface area contributed by atoms with Crippen LogP contribution in [0, 0.1) is 17.3 Å². The molecular formula is C32H32F2O3. The van der Waals surface area contributed by atoms with Crippen molar-refractivity contribution in [3.8, 4) is 0 Å². The Hall–Kier alpha value is -3.05. The monoisotopic (exact) mass is 502 g/mol. The van der Waals surface area contributed by atoms with E-state index in [1.54, 1.807) is 91.0 Å². The molecule has 4 bridgehead atoms. The van der Waals surface area contributed by atoms with Crippen LogP contribution < -0.4 is 0 Å². The van der Waals surface area contributed by atoms with E-state index in [0.29, 0.717) is 34.9 Å². The summed E-state index contributed by atoms with van der Waals surface area (Å²) in [6.07, 6.45) is 4.79. The fourth-order valence-electron chi connectivity index (χ4n) is 8.14. The van der Waals surface area contributed by atoms with Crippen molar-refractivity contribution in [3.05, 3.63) is 108 Å². The summed E-state index contributed by atoms with van der Waals surface area (Å²) in [5.41, 5.74) is -2.29. The van der Waals surface area contributed by atoms with E-state index in [9.17, 15) is 9.90 Å². The lowest BCUT2D eigenvalue weighted by atomic mass is 9.48. The van der Waals surface area contributed by atoms with E-state index < -0.39 is 28.3 Å². The maximum Gasteiger partial charge on any atom is 0.378 e. The summed E-state index contributed by atoms with van der Waals surface area (Å²) in [6, 6.07) is 25.5. The van der Waals surface area contributed by atoms with Crippen LogP contribution >= 0.6 is 0 Å². The van der Waals surface area contributed by atoms with Gasteiger partial charge in [0.1, 0.15) is 5.41 Å². The van der Waals surface area contributed by atoms with Crippen molar-refractivity contribution in [2.75, 3.05) is 6.61 Å². The van der Waals surface area contributed by atoms with Crippen molar-refractivity contribution in [2.45, 2.75) is 55.5 Å². The largest absolute Gasteiger partial charge is 0.461 e. The van der Waals surface area contributed by atoms with Crippen LogP contribution in [0.2, 0.25) is 0 Å². The molecule has 0 aliphatic heterocycles. The van der Waals surface area contributed by atoms with Gasteiger partial charge in [-0.3, -0.25) is 0 Å². The van der Waals surface area contributed by atoms with Gasteiger partial charge in [0.25, 0.3) is 0 Å². The summed E-state index contributed by atoms with van der Waals surface area (Å²) in [4.78, 5) is 13.6. The van der Waals surface area contributed by atoms with Crippen molar-refractivity contribution >= 4 is 5.97 Å². The molecular weight excluding hydrogens is 470 g/mol. The molecule has 192 valence electrons. The Kier molecular flexibility index (Phi) is 5.76. The highest BCUT2D eigenvalue weighted by molar-refractivity contribution is 5.83. The molecule has 3 aromatic carbocycles. The molecule has 3 aromatic rings. The van der Waals surface area contributed by atoms with Crippen LogP contribution in [0.5, 0.6) is 0 Å². The zero-order valence-electron chi connectivity index (χ0n) is 20.8. The Morgan fingerprint density at radius 3 is 1.62 bits per heavy atom. The molecule has 2 unspecified atom stereocenters. The molecule has 4 fully saturated rings. The summed E-state index contributed by atoms with van der Waals surface area (Å²) >= 11 is 0. The van der Waals surface area contributed by atoms with Crippen molar-refractivity contribution in [1.82, 2.24) is 0 Å². The smallest absolute Gasteiger partial charge is 0.378 e. The highest BCUT2D eigenvalue weighted by Gasteiger charge is 2.64. The minimum atomic E-state index is -3.91. The second-order valence-corrected chi connectivity index (χ2v) is 11.7. The SMILES string of the molecule is O=C(OCC12CC3CC(CC(O)(C3)C1)C2)C(F)(F)C(c1ccccc1)(c1ccccc1)c1ccccc1. The number of esters is 1. The normalized spacial score (nSPS) is 28.7. The van der Waals surface area contributed by atoms with Crippen LogP contribution in [-0.2, 0) is 14.9 Å². The van der Waals surface area contributed by atoms with Gasteiger partial charge in [-0.1, -0.05) is 91.0 Å². The lowest BCUT2D eigenvalue weighted by Crippen LogP contribution is -2.58. The molecule has 7 rings (SSSR count). The Bertz CT molecular complexity index is 1150. The first-order chi connectivity index (χ1) is 17.8. The predicted octanol–water partition coefficient (Wildman–Crippen LogP) is 6.53. The second kappa shape index (κ2) is 8.76. The molecule has 1 N–H and O–H groups in total. The molecule has 5 heteroatoms. The number of hydrogen-bond donors (Lipinski definition) is 1. The van der Waals surface area contributed by atoms with E-state index in [0.717, 1.165) is 32.1 Å². The lowest BCUT2D eigenvalue weighted by molar-refractivity contribution is -0.202. The quantitative estimate of drug-likeness (QED) is 0.295. The highest BCUT2D eigenvalue weighted by atomic mass is 19.3. The van der Waals surface area contributed by atoms with Gasteiger partial charge in [-0.2, -0.15) is 8.78 Å². The van der Waals surface area contributed by atoms with Gasteiger partial charge in [0.15, 0.2) is 0 Å². The molecule has 37 heavy (non-hydrogen) atoms. The maximum absolute atomic E-state index is 16.9. The van der Waals surface area contributed by atoms with Crippen LogP contribution in [0.15, 0.2) is 91.0 Å². The van der Waals surface area contributed by atoms with E-state index in [2.05, 4.69) is 0 Å². The van der Waals surface area contributed by atoms with Crippen LogP contribution in [0.3, 0.4) is 0 Å². The van der Waals surface area contributed by atoms with E-state index in [4.69, 9.17) is 4.74 Å². The fourth-order valence-corrected chi connectivity index (χ4v) is 8.14. The van der Waals surface area contributed by atoms with E-state index in [1.807, 2.05) is 0 Å². The van der Waals surface area contributed by atoms with Crippen LogP contribution in [0.25, 0.3) is 0 Å². The molecule has 0 aromatic heterocycles. The summed E-state index contributed by atoms with van der Waals surface area (Å²) < 4.78 is 39.4. The van der Waals surface area contributed by atoms with Crippen LogP contribution in [0.4, 0.5) is 8.78 Å². The minimum absolute atomic E-state index is 0.0782. The number of ether oxygens (including phenoxy) is 1. The molecule has 0 heterocycles. The molecule has 2 atom stereocenters. The molecule has 0 saturated heterocycles. The number of carbonyl (C=O) groups excluding carboxylic acids is 1. The van der Waals surface area contributed by atoms with Crippen molar-refractivity contribution in [1.29, 1.82) is 0 Å². The molecule has 0 amide bonds. The van der Waals surface area contributed by atoms with Crippen molar-refractivity contribution in [2.24, 2.45) is 17.3 Å². The van der Waals surface area contributed by atoms with Gasteiger partial charge in [0, 0.05) is 5.41 Å². The molecule has 4 aliphatic carbocycles. The third kappa shape index (κ3) is 3.90. The number of benzene rings is 3. The highest BCUT2D eigenvalue weighted by Crippen LogP contribution is 2.62. The first kappa shape index (κ1) is 24.3. The number of alkyl halides is 2. The average Bonchev–Trinajstić information content (AvgIpc) is 2.88. The zero-order valence-corrected chi connectivity index (χ0v) is 20.8. The van der Waals surface area contributed by atoms with Gasteiger partial charge in [-0.05, 0) is 67.1 Å². The lowest BCUT2D eigenvalue weighted by Gasteiger charge is -2.59. The fraction of sp³-hybridized carbons (Fsp3) is 0.406. The topological polar surface area (TPSA) is 46.5 Å². The summed E-state index contributed by atoms with van der Waals surface area (Å²) in [7, 11) is 0. The van der Waals surface area contributed by atoms with Gasteiger partial charge in [-0.15, -0.1) is 0 Å². The number of rotatable bonds is 7. The molecule has 4 aliphatic rings. The average molecular weight is 503 g/mol. The summed E-state index contributed by atoms with van der Waals surface area (Å²) in [5.74, 6) is -4.67. The van der Waals surface area contributed by atoms with Gasteiger partial charge < -0.3 is 9.84 Å². The number of carbonyl (C=O) groups is 1. The van der Waals surface area contributed by atoms with Gasteiger partial charge in [0.05, 0.1) is 12.2 Å². The van der Waals surface area contributed by atoms with Gasteiger partial charge >= 0.3 is 11.9 Å². The standard InChI is InChI=1S/C32H32F2O3/c33-32(34,28(35)37-22-29-17-23-16-24(18-29)20-30(36,19-23)21-29)31(25-10-4-1-5-11-25,26-12-6-2-7-13-26)27-14-8-3-9-15-27/h1-15,23-24,36H,16-22H2. The van der Waals surface area contributed by atoms with Crippen LogP contribution in [0.1, 0.15) is 55.2 Å². The number of aliphatic hydroxyl groups is 1. The maximum atomic E-state index is 16.9. The Morgan fingerprint density at radius 2 is 1.22 bits per heavy atom. The Labute approximate surface area is 216 Å². The third-order valence-corrected chi connectivity index (χ3v) is 9.01. The first-order valence-corrected chi connectivity index (χ1v) is 13.2. The van der Waals surface area contributed by atoms with E-state index in [-0.39, 0.29) is 6.61 Å². The molecule has 0 radical (unpaired) electrons. The molecule has 4 saturated carbocycles. The third-order valence-electron chi connectivity index (χ3n) is 9.01. The zero-order chi connectivity index (χ0) is 25.7. The summed E-state index contributed by atoms with van der Waals surface area (Å²) in [5, 5.41) is 11.1. The van der Waals surface area contributed by atoms with E-state index in [1.165, 1.54) is 0 Å². The van der Waals surface area contributed by atoms with Crippen molar-refractivity contribution < 1.29 is 23.4 Å².